The van der Waals surface area contributed by atoms with Crippen molar-refractivity contribution in [3.05, 3.63) is 29.8 Å². The van der Waals surface area contributed by atoms with Gasteiger partial charge in [-0.1, -0.05) is 18.2 Å². The van der Waals surface area contributed by atoms with Gasteiger partial charge in [0.05, 0.1) is 6.61 Å². The van der Waals surface area contributed by atoms with Gasteiger partial charge < -0.3 is 15.2 Å². The zero-order valence-corrected chi connectivity index (χ0v) is 10.4. The predicted octanol–water partition coefficient (Wildman–Crippen LogP) is 1.82. The van der Waals surface area contributed by atoms with E-state index in [0.717, 1.165) is 5.56 Å². The molecule has 1 aliphatic heterocycles. The fourth-order valence-corrected chi connectivity index (χ4v) is 1.83. The van der Waals surface area contributed by atoms with Gasteiger partial charge in [0.2, 0.25) is 0 Å². The van der Waals surface area contributed by atoms with Gasteiger partial charge in [-0.15, -0.1) is 12.4 Å². The highest BCUT2D eigenvalue weighted by atomic mass is 35.5. The zero-order chi connectivity index (χ0) is 11.5. The smallest absolute Gasteiger partial charge is 0.347 e. The Balaban J connectivity index is 0.00000144. The molecule has 4 nitrogen and oxygen atoms in total. The van der Waals surface area contributed by atoms with Gasteiger partial charge in [-0.05, 0) is 13.0 Å². The molecule has 2 atom stereocenters. The van der Waals surface area contributed by atoms with Crippen LogP contribution >= 0.6 is 12.4 Å². The Morgan fingerprint density at radius 1 is 1.53 bits per heavy atom. The van der Waals surface area contributed by atoms with Gasteiger partial charge in [0, 0.05) is 18.0 Å². The standard InChI is InChI=1S/C12H15NO3.ClH/c1-2-15-12(14)11-7-9(13)8-5-3-4-6-10(8)16-11;/h3-6,9,11H,2,7,13H2,1H3;1H. The molecule has 0 saturated carbocycles. The minimum absolute atomic E-state index is 0. The van der Waals surface area contributed by atoms with Crippen LogP contribution in [0, 0.1) is 0 Å². The number of halogens is 1. The molecule has 2 rings (SSSR count). The Bertz CT molecular complexity index is 397. The number of benzene rings is 1. The van der Waals surface area contributed by atoms with Crippen molar-refractivity contribution in [3.8, 4) is 5.75 Å². The minimum Gasteiger partial charge on any atom is -0.478 e. The second kappa shape index (κ2) is 5.89. The molecule has 5 heteroatoms. The molecule has 0 saturated heterocycles. The molecular formula is C12H16ClNO3. The molecule has 0 fully saturated rings. The highest BCUT2D eigenvalue weighted by Crippen LogP contribution is 2.33. The molecule has 0 amide bonds. The molecule has 1 heterocycles. The maximum atomic E-state index is 11.6. The van der Waals surface area contributed by atoms with Crippen molar-refractivity contribution < 1.29 is 14.3 Å². The van der Waals surface area contributed by atoms with Gasteiger partial charge in [0.15, 0.2) is 6.10 Å². The summed E-state index contributed by atoms with van der Waals surface area (Å²) >= 11 is 0. The predicted molar refractivity (Wildman–Crippen MR) is 66.3 cm³/mol. The molecule has 17 heavy (non-hydrogen) atoms. The van der Waals surface area contributed by atoms with E-state index in [4.69, 9.17) is 15.2 Å². The second-order valence-electron chi connectivity index (χ2n) is 3.74. The van der Waals surface area contributed by atoms with E-state index < -0.39 is 6.10 Å². The Morgan fingerprint density at radius 2 is 2.24 bits per heavy atom. The summed E-state index contributed by atoms with van der Waals surface area (Å²) in [6.07, 6.45) is -0.111. The van der Waals surface area contributed by atoms with Crippen LogP contribution < -0.4 is 10.5 Å². The van der Waals surface area contributed by atoms with Crippen molar-refractivity contribution in [2.45, 2.75) is 25.5 Å². The Labute approximate surface area is 106 Å². The van der Waals surface area contributed by atoms with Crippen molar-refractivity contribution >= 4 is 18.4 Å². The van der Waals surface area contributed by atoms with Gasteiger partial charge >= 0.3 is 5.97 Å². The van der Waals surface area contributed by atoms with Crippen molar-refractivity contribution in [2.24, 2.45) is 5.73 Å². The summed E-state index contributed by atoms with van der Waals surface area (Å²) in [6, 6.07) is 7.34. The fraction of sp³-hybridized carbons (Fsp3) is 0.417. The largest absolute Gasteiger partial charge is 0.478 e. The van der Waals surface area contributed by atoms with E-state index in [9.17, 15) is 4.79 Å². The van der Waals surface area contributed by atoms with E-state index >= 15 is 0 Å². The molecule has 0 bridgehead atoms. The monoisotopic (exact) mass is 257 g/mol. The molecule has 1 aromatic rings. The number of para-hydroxylation sites is 1. The third-order valence-corrected chi connectivity index (χ3v) is 2.61. The summed E-state index contributed by atoms with van der Waals surface area (Å²) in [7, 11) is 0. The van der Waals surface area contributed by atoms with Gasteiger partial charge in [-0.3, -0.25) is 0 Å². The van der Waals surface area contributed by atoms with Crippen LogP contribution in [0.15, 0.2) is 24.3 Å². The SMILES string of the molecule is CCOC(=O)C1CC(N)c2ccccc2O1.Cl. The minimum atomic E-state index is -0.579. The number of nitrogens with two attached hydrogens (primary N) is 1. The van der Waals surface area contributed by atoms with Crippen LogP contribution in [0.2, 0.25) is 0 Å². The molecule has 0 aromatic heterocycles. The first-order chi connectivity index (χ1) is 7.72. The Kier molecular flexibility index (Phi) is 4.78. The maximum Gasteiger partial charge on any atom is 0.347 e. The summed E-state index contributed by atoms with van der Waals surface area (Å²) in [5.74, 6) is 0.340. The van der Waals surface area contributed by atoms with Crippen LogP contribution in [0.1, 0.15) is 24.9 Å². The molecule has 2 N–H and O–H groups in total. The number of hydrogen-bond donors (Lipinski definition) is 1. The molecule has 2 unspecified atom stereocenters. The van der Waals surface area contributed by atoms with Crippen LogP contribution in [0.5, 0.6) is 5.75 Å². The van der Waals surface area contributed by atoms with E-state index in [-0.39, 0.29) is 24.4 Å². The van der Waals surface area contributed by atoms with Crippen molar-refractivity contribution in [1.82, 2.24) is 0 Å². The van der Waals surface area contributed by atoms with Gasteiger partial charge in [0.25, 0.3) is 0 Å². The van der Waals surface area contributed by atoms with Crippen LogP contribution in [-0.2, 0) is 9.53 Å². The van der Waals surface area contributed by atoms with Crippen LogP contribution in [0.4, 0.5) is 0 Å². The van der Waals surface area contributed by atoms with E-state index in [0.29, 0.717) is 18.8 Å². The number of rotatable bonds is 2. The number of esters is 1. The van der Waals surface area contributed by atoms with Crippen molar-refractivity contribution in [2.75, 3.05) is 6.61 Å². The van der Waals surface area contributed by atoms with E-state index in [1.54, 1.807) is 6.92 Å². The van der Waals surface area contributed by atoms with Crippen LogP contribution in [0.3, 0.4) is 0 Å². The third-order valence-electron chi connectivity index (χ3n) is 2.61. The van der Waals surface area contributed by atoms with Gasteiger partial charge in [-0.2, -0.15) is 0 Å². The molecule has 1 aliphatic rings. The lowest BCUT2D eigenvalue weighted by Gasteiger charge is -2.28. The summed E-state index contributed by atoms with van der Waals surface area (Å²) in [5, 5.41) is 0. The van der Waals surface area contributed by atoms with Crippen molar-refractivity contribution in [3.63, 3.8) is 0 Å². The highest BCUT2D eigenvalue weighted by molar-refractivity contribution is 5.85. The number of hydrogen-bond acceptors (Lipinski definition) is 4. The average Bonchev–Trinajstić information content (AvgIpc) is 2.29. The molecule has 0 aliphatic carbocycles. The lowest BCUT2D eigenvalue weighted by Crippen LogP contribution is -2.36. The first-order valence-corrected chi connectivity index (χ1v) is 5.40. The van der Waals surface area contributed by atoms with Gasteiger partial charge in [-0.25, -0.2) is 4.79 Å². The molecular weight excluding hydrogens is 242 g/mol. The van der Waals surface area contributed by atoms with E-state index in [1.807, 2.05) is 24.3 Å². The number of ether oxygens (including phenoxy) is 2. The number of fused-ring (bicyclic) bond motifs is 1. The van der Waals surface area contributed by atoms with E-state index in [1.165, 1.54) is 0 Å². The summed E-state index contributed by atoms with van der Waals surface area (Å²) in [5.41, 5.74) is 6.93. The zero-order valence-electron chi connectivity index (χ0n) is 9.59. The Morgan fingerprint density at radius 3 is 2.94 bits per heavy atom. The third kappa shape index (κ3) is 2.90. The van der Waals surface area contributed by atoms with Crippen LogP contribution in [-0.4, -0.2) is 18.7 Å². The summed E-state index contributed by atoms with van der Waals surface area (Å²) < 4.78 is 10.5. The molecule has 1 aromatic carbocycles. The highest BCUT2D eigenvalue weighted by Gasteiger charge is 2.31. The summed E-state index contributed by atoms with van der Waals surface area (Å²) in [6.45, 7) is 2.13. The first-order valence-electron chi connectivity index (χ1n) is 5.40. The fourth-order valence-electron chi connectivity index (χ4n) is 1.83. The topological polar surface area (TPSA) is 61.5 Å². The van der Waals surface area contributed by atoms with Gasteiger partial charge in [0.1, 0.15) is 5.75 Å². The second-order valence-corrected chi connectivity index (χ2v) is 3.74. The lowest BCUT2D eigenvalue weighted by atomic mass is 9.97. The molecule has 0 spiro atoms. The quantitative estimate of drug-likeness (QED) is 0.821. The first kappa shape index (κ1) is 13.8. The van der Waals surface area contributed by atoms with Crippen molar-refractivity contribution in [1.29, 1.82) is 0 Å². The number of carbonyl (C=O) groups excluding carboxylic acids is 1. The molecule has 0 radical (unpaired) electrons. The number of carbonyl (C=O) groups is 1. The lowest BCUT2D eigenvalue weighted by molar-refractivity contribution is -0.152. The summed E-state index contributed by atoms with van der Waals surface area (Å²) in [4.78, 5) is 11.6. The average molecular weight is 258 g/mol. The maximum absolute atomic E-state index is 11.6. The van der Waals surface area contributed by atoms with E-state index in [2.05, 4.69) is 0 Å². The van der Waals surface area contributed by atoms with Crippen LogP contribution in [0.25, 0.3) is 0 Å². The molecule has 94 valence electrons. The normalized spacial score (nSPS) is 21.8. The Hall–Kier alpha value is -1.26.